The summed E-state index contributed by atoms with van der Waals surface area (Å²) in [5.74, 6) is 0. The van der Waals surface area contributed by atoms with Crippen molar-refractivity contribution in [3.8, 4) is 0 Å². The summed E-state index contributed by atoms with van der Waals surface area (Å²) in [6, 6.07) is 5.69. The van der Waals surface area contributed by atoms with Gasteiger partial charge >= 0.3 is 0 Å². The molecular weight excluding hydrogens is 318 g/mol. The van der Waals surface area contributed by atoms with Gasteiger partial charge in [0.05, 0.1) is 12.7 Å². The molecule has 4 nitrogen and oxygen atoms in total. The molecule has 1 heterocycles. The molecule has 1 aromatic carbocycles. The second-order valence-corrected chi connectivity index (χ2v) is 5.92. The second-order valence-electron chi connectivity index (χ2n) is 4.60. The minimum atomic E-state index is -0.984. The number of aromatic nitrogens is 3. The third kappa shape index (κ3) is 3.10. The Kier molecular flexibility index (Phi) is 3.75. The van der Waals surface area contributed by atoms with Crippen LogP contribution in [-0.2, 0) is 12.1 Å². The van der Waals surface area contributed by atoms with Crippen LogP contribution in [-0.4, -0.2) is 20.1 Å². The van der Waals surface area contributed by atoms with Gasteiger partial charge in [-0.05, 0) is 31.5 Å². The summed E-state index contributed by atoms with van der Waals surface area (Å²) in [6.45, 7) is 3.87. The number of hydrogen-bond acceptors (Lipinski definition) is 3. The van der Waals surface area contributed by atoms with Gasteiger partial charge < -0.3 is 5.11 Å². The van der Waals surface area contributed by atoms with Gasteiger partial charge in [0.15, 0.2) is 0 Å². The van der Waals surface area contributed by atoms with Crippen molar-refractivity contribution < 1.29 is 5.11 Å². The molecule has 0 aliphatic heterocycles. The third-order valence-electron chi connectivity index (χ3n) is 2.51. The summed E-state index contributed by atoms with van der Waals surface area (Å²) < 4.78 is 2.59. The second kappa shape index (κ2) is 4.99. The molecule has 0 spiro atoms. The lowest BCUT2D eigenvalue weighted by molar-refractivity contribution is 0.0737. The molecule has 0 saturated carbocycles. The van der Waals surface area contributed by atoms with Gasteiger partial charge in [0.2, 0.25) is 0 Å². The van der Waals surface area contributed by atoms with Crippen molar-refractivity contribution in [2.24, 2.45) is 0 Å². The maximum absolute atomic E-state index is 9.81. The van der Waals surface area contributed by atoms with Gasteiger partial charge in [-0.15, -0.1) is 5.10 Å². The standard InChI is InChI=1S/C12H13BrClN3O/c1-12(2,18)11-7-17(16-15-11)6-8-3-4-9(13)5-10(8)14/h3-5,7,18H,6H2,1-2H3. The van der Waals surface area contributed by atoms with E-state index in [4.69, 9.17) is 11.6 Å². The summed E-state index contributed by atoms with van der Waals surface area (Å²) in [7, 11) is 0. The highest BCUT2D eigenvalue weighted by atomic mass is 79.9. The van der Waals surface area contributed by atoms with Crippen LogP contribution in [0, 0.1) is 0 Å². The molecule has 2 aromatic rings. The van der Waals surface area contributed by atoms with Crippen LogP contribution in [0.5, 0.6) is 0 Å². The lowest BCUT2D eigenvalue weighted by Crippen LogP contribution is -2.15. The molecule has 0 radical (unpaired) electrons. The SMILES string of the molecule is CC(C)(O)c1cn(Cc2ccc(Br)cc2Cl)nn1. The zero-order valence-electron chi connectivity index (χ0n) is 10.1. The number of hydrogen-bond donors (Lipinski definition) is 1. The first kappa shape index (κ1) is 13.5. The van der Waals surface area contributed by atoms with Crippen molar-refractivity contribution in [3.05, 3.63) is 45.1 Å². The lowest BCUT2D eigenvalue weighted by atomic mass is 10.1. The fraction of sp³-hybridized carbons (Fsp3) is 0.333. The van der Waals surface area contributed by atoms with Gasteiger partial charge in [0, 0.05) is 9.50 Å². The molecule has 2 rings (SSSR count). The average molecular weight is 331 g/mol. The maximum Gasteiger partial charge on any atom is 0.114 e. The van der Waals surface area contributed by atoms with E-state index in [-0.39, 0.29) is 0 Å². The number of aliphatic hydroxyl groups is 1. The molecule has 0 atom stereocenters. The van der Waals surface area contributed by atoms with Crippen molar-refractivity contribution in [2.75, 3.05) is 0 Å². The molecule has 96 valence electrons. The van der Waals surface area contributed by atoms with E-state index in [1.165, 1.54) is 0 Å². The highest BCUT2D eigenvalue weighted by Gasteiger charge is 2.20. The van der Waals surface area contributed by atoms with E-state index >= 15 is 0 Å². The van der Waals surface area contributed by atoms with Gasteiger partial charge in [-0.1, -0.05) is 38.8 Å². The Hall–Kier alpha value is -0.910. The fourth-order valence-corrected chi connectivity index (χ4v) is 2.21. The molecule has 0 saturated heterocycles. The monoisotopic (exact) mass is 329 g/mol. The summed E-state index contributed by atoms with van der Waals surface area (Å²) in [5.41, 5.74) is 0.504. The van der Waals surface area contributed by atoms with Gasteiger partial charge in [-0.25, -0.2) is 4.68 Å². The summed E-state index contributed by atoms with van der Waals surface area (Å²) in [5, 5.41) is 18.4. The van der Waals surface area contributed by atoms with Crippen LogP contribution in [0.15, 0.2) is 28.9 Å². The largest absolute Gasteiger partial charge is 0.384 e. The number of nitrogens with zero attached hydrogens (tertiary/aromatic N) is 3. The Bertz CT molecular complexity index is 563. The normalized spacial score (nSPS) is 11.8. The Morgan fingerprint density at radius 3 is 2.72 bits per heavy atom. The van der Waals surface area contributed by atoms with E-state index in [9.17, 15) is 5.11 Å². The highest BCUT2D eigenvalue weighted by Crippen LogP contribution is 2.22. The Labute approximate surface area is 119 Å². The van der Waals surface area contributed by atoms with Crippen LogP contribution in [0.4, 0.5) is 0 Å². The molecular formula is C12H13BrClN3O. The first-order valence-electron chi connectivity index (χ1n) is 5.43. The zero-order valence-corrected chi connectivity index (χ0v) is 12.4. The van der Waals surface area contributed by atoms with E-state index in [2.05, 4.69) is 26.2 Å². The molecule has 0 unspecified atom stereocenters. The fourth-order valence-electron chi connectivity index (χ4n) is 1.48. The molecule has 18 heavy (non-hydrogen) atoms. The predicted octanol–water partition coefficient (Wildman–Crippen LogP) is 2.97. The Morgan fingerprint density at radius 2 is 2.17 bits per heavy atom. The molecule has 6 heteroatoms. The number of halogens is 2. The number of rotatable bonds is 3. The van der Waals surface area contributed by atoms with Crippen molar-refractivity contribution in [2.45, 2.75) is 26.0 Å². The minimum Gasteiger partial charge on any atom is -0.384 e. The minimum absolute atomic E-state index is 0.523. The van der Waals surface area contributed by atoms with Crippen LogP contribution < -0.4 is 0 Å². The molecule has 1 N–H and O–H groups in total. The molecule has 0 bridgehead atoms. The van der Waals surface area contributed by atoms with Crippen LogP contribution in [0.2, 0.25) is 5.02 Å². The van der Waals surface area contributed by atoms with Crippen LogP contribution in [0.1, 0.15) is 25.1 Å². The van der Waals surface area contributed by atoms with Gasteiger partial charge in [0.1, 0.15) is 11.3 Å². The van der Waals surface area contributed by atoms with E-state index in [0.29, 0.717) is 17.3 Å². The predicted molar refractivity (Wildman–Crippen MR) is 73.5 cm³/mol. The van der Waals surface area contributed by atoms with Crippen LogP contribution in [0.3, 0.4) is 0 Å². The Balaban J connectivity index is 2.21. The smallest absolute Gasteiger partial charge is 0.114 e. The summed E-state index contributed by atoms with van der Waals surface area (Å²) >= 11 is 9.49. The number of benzene rings is 1. The van der Waals surface area contributed by atoms with Crippen molar-refractivity contribution in [3.63, 3.8) is 0 Å². The van der Waals surface area contributed by atoms with Gasteiger partial charge in [-0.3, -0.25) is 0 Å². The zero-order chi connectivity index (χ0) is 13.3. The van der Waals surface area contributed by atoms with E-state index in [1.807, 2.05) is 18.2 Å². The summed E-state index contributed by atoms with van der Waals surface area (Å²) in [4.78, 5) is 0. The third-order valence-corrected chi connectivity index (χ3v) is 3.36. The van der Waals surface area contributed by atoms with Crippen LogP contribution in [0.25, 0.3) is 0 Å². The van der Waals surface area contributed by atoms with Crippen LogP contribution >= 0.6 is 27.5 Å². The van der Waals surface area contributed by atoms with E-state index < -0.39 is 5.60 Å². The van der Waals surface area contributed by atoms with Gasteiger partial charge in [0.25, 0.3) is 0 Å². The molecule has 1 aromatic heterocycles. The first-order valence-corrected chi connectivity index (χ1v) is 6.60. The summed E-state index contributed by atoms with van der Waals surface area (Å²) in [6.07, 6.45) is 1.72. The average Bonchev–Trinajstić information content (AvgIpc) is 2.70. The van der Waals surface area contributed by atoms with E-state index in [1.54, 1.807) is 24.7 Å². The quantitative estimate of drug-likeness (QED) is 0.941. The van der Waals surface area contributed by atoms with Crippen molar-refractivity contribution in [1.29, 1.82) is 0 Å². The molecule has 0 fully saturated rings. The topological polar surface area (TPSA) is 50.9 Å². The van der Waals surface area contributed by atoms with E-state index in [0.717, 1.165) is 10.0 Å². The van der Waals surface area contributed by atoms with Crippen molar-refractivity contribution >= 4 is 27.5 Å². The van der Waals surface area contributed by atoms with Crippen molar-refractivity contribution in [1.82, 2.24) is 15.0 Å². The maximum atomic E-state index is 9.81. The lowest BCUT2D eigenvalue weighted by Gasteiger charge is -2.11. The van der Waals surface area contributed by atoms with Gasteiger partial charge in [-0.2, -0.15) is 0 Å². The molecule has 0 aliphatic carbocycles. The highest BCUT2D eigenvalue weighted by molar-refractivity contribution is 9.10. The molecule has 0 amide bonds. The Morgan fingerprint density at radius 1 is 1.44 bits per heavy atom. The molecule has 0 aliphatic rings. The first-order chi connectivity index (χ1) is 8.36.